The Balaban J connectivity index is 2.04. The second kappa shape index (κ2) is 5.73. The van der Waals surface area contributed by atoms with E-state index in [-0.39, 0.29) is 0 Å². The SMILES string of the molecule is COc1cc(COc2ccccc2)ccc1Br. The van der Waals surface area contributed by atoms with Gasteiger partial charge in [-0.25, -0.2) is 0 Å². The van der Waals surface area contributed by atoms with Gasteiger partial charge in [0, 0.05) is 0 Å². The summed E-state index contributed by atoms with van der Waals surface area (Å²) in [6.45, 7) is 0.535. The molecule has 0 unspecified atom stereocenters. The zero-order valence-electron chi connectivity index (χ0n) is 9.52. The molecule has 2 nitrogen and oxygen atoms in total. The Morgan fingerprint density at radius 3 is 2.53 bits per heavy atom. The molecule has 0 saturated heterocycles. The Hall–Kier alpha value is -1.48. The lowest BCUT2D eigenvalue weighted by Crippen LogP contribution is -1.96. The van der Waals surface area contributed by atoms with Gasteiger partial charge in [-0.15, -0.1) is 0 Å². The summed E-state index contributed by atoms with van der Waals surface area (Å²) in [7, 11) is 1.65. The van der Waals surface area contributed by atoms with Crippen LogP contribution in [-0.2, 0) is 6.61 Å². The first-order valence-corrected chi connectivity index (χ1v) is 6.09. The van der Waals surface area contributed by atoms with E-state index in [0.29, 0.717) is 6.61 Å². The summed E-state index contributed by atoms with van der Waals surface area (Å²) in [4.78, 5) is 0. The number of para-hydroxylation sites is 1. The minimum absolute atomic E-state index is 0.535. The Labute approximate surface area is 109 Å². The van der Waals surface area contributed by atoms with E-state index in [9.17, 15) is 0 Å². The van der Waals surface area contributed by atoms with Crippen LogP contribution in [0.1, 0.15) is 5.56 Å². The van der Waals surface area contributed by atoms with Gasteiger partial charge in [0.25, 0.3) is 0 Å². The van der Waals surface area contributed by atoms with Crippen LogP contribution >= 0.6 is 15.9 Å². The molecule has 17 heavy (non-hydrogen) atoms. The lowest BCUT2D eigenvalue weighted by molar-refractivity contribution is 0.305. The lowest BCUT2D eigenvalue weighted by atomic mass is 10.2. The van der Waals surface area contributed by atoms with Crippen molar-refractivity contribution in [1.82, 2.24) is 0 Å². The fourth-order valence-electron chi connectivity index (χ4n) is 1.48. The lowest BCUT2D eigenvalue weighted by Gasteiger charge is -2.08. The van der Waals surface area contributed by atoms with Gasteiger partial charge in [0.2, 0.25) is 0 Å². The second-order valence-corrected chi connectivity index (χ2v) is 4.42. The number of methoxy groups -OCH3 is 1. The third kappa shape index (κ3) is 3.24. The van der Waals surface area contributed by atoms with Gasteiger partial charge in [0.1, 0.15) is 18.1 Å². The highest BCUT2D eigenvalue weighted by atomic mass is 79.9. The molecule has 88 valence electrons. The van der Waals surface area contributed by atoms with E-state index < -0.39 is 0 Å². The third-order valence-electron chi connectivity index (χ3n) is 2.36. The van der Waals surface area contributed by atoms with E-state index in [1.807, 2.05) is 48.5 Å². The molecule has 0 heterocycles. The summed E-state index contributed by atoms with van der Waals surface area (Å²) in [5, 5.41) is 0. The van der Waals surface area contributed by atoms with Gasteiger partial charge in [0.05, 0.1) is 11.6 Å². The predicted molar refractivity (Wildman–Crippen MR) is 71.5 cm³/mol. The van der Waals surface area contributed by atoms with Gasteiger partial charge >= 0.3 is 0 Å². The van der Waals surface area contributed by atoms with Crippen LogP contribution in [0.15, 0.2) is 53.0 Å². The number of halogens is 1. The van der Waals surface area contributed by atoms with Crippen molar-refractivity contribution in [2.45, 2.75) is 6.61 Å². The molecule has 0 aliphatic carbocycles. The molecule has 0 radical (unpaired) electrons. The van der Waals surface area contributed by atoms with Crippen LogP contribution in [0.4, 0.5) is 0 Å². The number of benzene rings is 2. The highest BCUT2D eigenvalue weighted by Gasteiger charge is 2.02. The number of hydrogen-bond acceptors (Lipinski definition) is 2. The number of rotatable bonds is 4. The highest BCUT2D eigenvalue weighted by molar-refractivity contribution is 9.10. The van der Waals surface area contributed by atoms with Crippen molar-refractivity contribution in [3.8, 4) is 11.5 Å². The molecule has 2 aromatic carbocycles. The van der Waals surface area contributed by atoms with Crippen molar-refractivity contribution in [2.75, 3.05) is 7.11 Å². The first-order valence-electron chi connectivity index (χ1n) is 5.30. The highest BCUT2D eigenvalue weighted by Crippen LogP contribution is 2.26. The molecule has 2 rings (SSSR count). The maximum atomic E-state index is 5.66. The first-order chi connectivity index (χ1) is 8.29. The van der Waals surface area contributed by atoms with Crippen molar-refractivity contribution in [3.63, 3.8) is 0 Å². The molecular weight excluding hydrogens is 280 g/mol. The molecular formula is C14H13BrO2. The Kier molecular flexibility index (Phi) is 4.04. The van der Waals surface area contributed by atoms with Gasteiger partial charge in [-0.1, -0.05) is 24.3 Å². The fourth-order valence-corrected chi connectivity index (χ4v) is 1.89. The Bertz CT molecular complexity index is 483. The van der Waals surface area contributed by atoms with Crippen LogP contribution in [0.5, 0.6) is 11.5 Å². The van der Waals surface area contributed by atoms with Crippen LogP contribution in [-0.4, -0.2) is 7.11 Å². The van der Waals surface area contributed by atoms with Gasteiger partial charge in [0.15, 0.2) is 0 Å². The minimum Gasteiger partial charge on any atom is -0.496 e. The number of ether oxygens (including phenoxy) is 2. The maximum Gasteiger partial charge on any atom is 0.133 e. The normalized spacial score (nSPS) is 10.0. The Morgan fingerprint density at radius 2 is 1.82 bits per heavy atom. The molecule has 0 bridgehead atoms. The average molecular weight is 293 g/mol. The van der Waals surface area contributed by atoms with Crippen molar-refractivity contribution in [3.05, 3.63) is 58.6 Å². The smallest absolute Gasteiger partial charge is 0.133 e. The van der Waals surface area contributed by atoms with Gasteiger partial charge in [-0.2, -0.15) is 0 Å². The van der Waals surface area contributed by atoms with Crippen LogP contribution in [0.3, 0.4) is 0 Å². The summed E-state index contributed by atoms with van der Waals surface area (Å²) in [6, 6.07) is 15.7. The maximum absolute atomic E-state index is 5.66. The molecule has 0 aromatic heterocycles. The van der Waals surface area contributed by atoms with E-state index in [4.69, 9.17) is 9.47 Å². The van der Waals surface area contributed by atoms with Gasteiger partial charge in [-0.3, -0.25) is 0 Å². The van der Waals surface area contributed by atoms with Crippen LogP contribution in [0.25, 0.3) is 0 Å². The van der Waals surface area contributed by atoms with Crippen molar-refractivity contribution < 1.29 is 9.47 Å². The molecule has 3 heteroatoms. The molecule has 0 N–H and O–H groups in total. The summed E-state index contributed by atoms with van der Waals surface area (Å²) in [6.07, 6.45) is 0. The van der Waals surface area contributed by atoms with Crippen LogP contribution < -0.4 is 9.47 Å². The van der Waals surface area contributed by atoms with Crippen molar-refractivity contribution in [1.29, 1.82) is 0 Å². The third-order valence-corrected chi connectivity index (χ3v) is 3.02. The molecule has 0 saturated carbocycles. The van der Waals surface area contributed by atoms with E-state index in [2.05, 4.69) is 15.9 Å². The Morgan fingerprint density at radius 1 is 1.06 bits per heavy atom. The monoisotopic (exact) mass is 292 g/mol. The van der Waals surface area contributed by atoms with Crippen molar-refractivity contribution in [2.24, 2.45) is 0 Å². The summed E-state index contributed by atoms with van der Waals surface area (Å²) < 4.78 is 11.8. The summed E-state index contributed by atoms with van der Waals surface area (Å²) in [5.41, 5.74) is 1.08. The fraction of sp³-hybridized carbons (Fsp3) is 0.143. The molecule has 0 aliphatic heterocycles. The van der Waals surface area contributed by atoms with E-state index in [0.717, 1.165) is 21.5 Å². The van der Waals surface area contributed by atoms with E-state index in [1.54, 1.807) is 7.11 Å². The average Bonchev–Trinajstić information content (AvgIpc) is 2.39. The standard InChI is InChI=1S/C14H13BrO2/c1-16-14-9-11(7-8-13(14)15)10-17-12-5-3-2-4-6-12/h2-9H,10H2,1H3. The van der Waals surface area contributed by atoms with Crippen molar-refractivity contribution >= 4 is 15.9 Å². The van der Waals surface area contributed by atoms with E-state index in [1.165, 1.54) is 0 Å². The first kappa shape index (κ1) is 12.0. The largest absolute Gasteiger partial charge is 0.496 e. The number of hydrogen-bond donors (Lipinski definition) is 0. The van der Waals surface area contributed by atoms with Crippen LogP contribution in [0.2, 0.25) is 0 Å². The van der Waals surface area contributed by atoms with Crippen LogP contribution in [0, 0.1) is 0 Å². The molecule has 0 aliphatic rings. The quantitative estimate of drug-likeness (QED) is 0.847. The second-order valence-electron chi connectivity index (χ2n) is 3.57. The zero-order chi connectivity index (χ0) is 12.1. The molecule has 0 atom stereocenters. The topological polar surface area (TPSA) is 18.5 Å². The van der Waals surface area contributed by atoms with Gasteiger partial charge < -0.3 is 9.47 Å². The molecule has 0 amide bonds. The molecule has 2 aromatic rings. The zero-order valence-corrected chi connectivity index (χ0v) is 11.1. The summed E-state index contributed by atoms with van der Waals surface area (Å²) >= 11 is 3.42. The minimum atomic E-state index is 0.535. The predicted octanol–water partition coefficient (Wildman–Crippen LogP) is 4.04. The molecule has 0 fully saturated rings. The summed E-state index contributed by atoms with van der Waals surface area (Å²) in [5.74, 6) is 1.69. The van der Waals surface area contributed by atoms with Gasteiger partial charge in [-0.05, 0) is 45.8 Å². The van der Waals surface area contributed by atoms with E-state index >= 15 is 0 Å². The molecule has 0 spiro atoms.